The van der Waals surface area contributed by atoms with Crippen molar-refractivity contribution in [1.82, 2.24) is 9.78 Å². The van der Waals surface area contributed by atoms with Gasteiger partial charge in [0.25, 0.3) is 4.84 Å². The molecule has 4 nitrogen and oxygen atoms in total. The fourth-order valence-corrected chi connectivity index (χ4v) is 2.94. The molecule has 1 atom stereocenters. The number of hydrogen-bond donors (Lipinski definition) is 1. The summed E-state index contributed by atoms with van der Waals surface area (Å²) in [5.74, 6) is 0.662. The van der Waals surface area contributed by atoms with Crippen molar-refractivity contribution in [1.29, 1.82) is 0 Å². The van der Waals surface area contributed by atoms with Crippen LogP contribution in [0.5, 0.6) is 0 Å². The van der Waals surface area contributed by atoms with Gasteiger partial charge in [0.1, 0.15) is 6.54 Å². The zero-order chi connectivity index (χ0) is 16.9. The molecule has 5 heteroatoms. The summed E-state index contributed by atoms with van der Waals surface area (Å²) < 4.78 is 7.43. The number of benzene rings is 2. The third-order valence-corrected chi connectivity index (χ3v) is 4.31. The molecule has 24 heavy (non-hydrogen) atoms. The maximum absolute atomic E-state index is 5.65. The summed E-state index contributed by atoms with van der Waals surface area (Å²) in [5, 5.41) is 4.53. The minimum Gasteiger partial charge on any atom is -0.413 e. The van der Waals surface area contributed by atoms with Gasteiger partial charge in [0.15, 0.2) is 6.67 Å². The minimum absolute atomic E-state index is 0.435. The molecule has 0 aliphatic carbocycles. The van der Waals surface area contributed by atoms with Crippen LogP contribution in [0, 0.1) is 11.8 Å². The number of quaternary nitrogens is 1. The lowest BCUT2D eigenvalue weighted by molar-refractivity contribution is -0.917. The molecule has 1 N–H and O–H groups in total. The van der Waals surface area contributed by atoms with E-state index in [1.54, 1.807) is 4.68 Å². The van der Waals surface area contributed by atoms with E-state index in [0.29, 0.717) is 23.8 Å². The summed E-state index contributed by atoms with van der Waals surface area (Å²) in [7, 11) is 2.14. The number of aryl methyl sites for hydroxylation is 1. The molecule has 1 heterocycles. The van der Waals surface area contributed by atoms with Gasteiger partial charge in [-0.1, -0.05) is 54.6 Å². The molecule has 0 saturated carbocycles. The Morgan fingerprint density at radius 1 is 1.08 bits per heavy atom. The summed E-state index contributed by atoms with van der Waals surface area (Å²) in [6.07, 6.45) is 0.661. The van der Waals surface area contributed by atoms with Crippen LogP contribution in [0.4, 0.5) is 0 Å². The summed E-state index contributed by atoms with van der Waals surface area (Å²) in [6, 6.07) is 18.6. The Kier molecular flexibility index (Phi) is 5.23. The number of aromatic nitrogens is 2. The third-order valence-electron chi connectivity index (χ3n) is 4.02. The van der Waals surface area contributed by atoms with E-state index in [9.17, 15) is 0 Å². The van der Waals surface area contributed by atoms with Crippen LogP contribution in [0.3, 0.4) is 0 Å². The molecular formula is C19H22N3OS+. The number of nitrogens with one attached hydrogen (secondary N) is 1. The molecule has 3 aromatic rings. The van der Waals surface area contributed by atoms with Crippen molar-refractivity contribution in [2.45, 2.75) is 26.6 Å². The first-order valence-corrected chi connectivity index (χ1v) is 8.49. The fraction of sp³-hybridized carbons (Fsp3) is 0.263. The van der Waals surface area contributed by atoms with E-state index in [2.05, 4.69) is 55.5 Å². The average molecular weight is 340 g/mol. The van der Waals surface area contributed by atoms with Gasteiger partial charge in [-0.3, -0.25) is 0 Å². The maximum atomic E-state index is 5.65. The molecule has 0 fully saturated rings. The normalized spacial score (nSPS) is 12.2. The molecule has 2 aromatic carbocycles. The van der Waals surface area contributed by atoms with Crippen molar-refractivity contribution in [3.8, 4) is 0 Å². The topological polar surface area (TPSA) is 35.4 Å². The molecule has 0 radical (unpaired) electrons. The number of hydrogen-bond acceptors (Lipinski definition) is 3. The standard InChI is InChI=1S/C19H21N3OS/c1-15-8-6-7-11-17(15)13-21(2)14-22-19(24)23-18(20-22)12-16-9-4-3-5-10-16/h3-11H,12-14H2,1-2H3/p+1. The lowest BCUT2D eigenvalue weighted by Gasteiger charge is -2.14. The monoisotopic (exact) mass is 340 g/mol. The Bertz CT molecular complexity index is 854. The largest absolute Gasteiger partial charge is 0.413 e. The van der Waals surface area contributed by atoms with Crippen LogP contribution in [0.25, 0.3) is 0 Å². The minimum atomic E-state index is 0.435. The van der Waals surface area contributed by atoms with Crippen LogP contribution < -0.4 is 4.90 Å². The van der Waals surface area contributed by atoms with Gasteiger partial charge in [-0.25, -0.2) is 0 Å². The molecule has 0 bridgehead atoms. The van der Waals surface area contributed by atoms with E-state index in [1.165, 1.54) is 21.6 Å². The lowest BCUT2D eigenvalue weighted by atomic mass is 10.1. The first kappa shape index (κ1) is 16.6. The quantitative estimate of drug-likeness (QED) is 0.701. The van der Waals surface area contributed by atoms with Crippen molar-refractivity contribution in [2.75, 3.05) is 7.05 Å². The Morgan fingerprint density at radius 3 is 2.54 bits per heavy atom. The highest BCUT2D eigenvalue weighted by molar-refractivity contribution is 7.71. The van der Waals surface area contributed by atoms with Crippen LogP contribution in [-0.2, 0) is 19.6 Å². The highest BCUT2D eigenvalue weighted by Gasteiger charge is 2.11. The molecule has 0 saturated heterocycles. The molecule has 0 spiro atoms. The van der Waals surface area contributed by atoms with Crippen molar-refractivity contribution >= 4 is 12.2 Å². The van der Waals surface area contributed by atoms with E-state index in [0.717, 1.165) is 6.54 Å². The smallest absolute Gasteiger partial charge is 0.291 e. The Balaban J connectivity index is 1.67. The van der Waals surface area contributed by atoms with Crippen LogP contribution in [-0.4, -0.2) is 16.8 Å². The first-order valence-electron chi connectivity index (χ1n) is 8.08. The number of nitrogens with zero attached hydrogens (tertiary/aromatic N) is 2. The van der Waals surface area contributed by atoms with E-state index in [4.69, 9.17) is 16.6 Å². The van der Waals surface area contributed by atoms with Gasteiger partial charge in [-0.2, -0.15) is 4.68 Å². The van der Waals surface area contributed by atoms with E-state index in [1.807, 2.05) is 18.2 Å². The molecule has 3 rings (SSSR count). The third kappa shape index (κ3) is 4.19. The molecule has 124 valence electrons. The predicted octanol–water partition coefficient (Wildman–Crippen LogP) is 2.78. The molecule has 0 aliphatic heterocycles. The Labute approximate surface area is 147 Å². The molecular weight excluding hydrogens is 318 g/mol. The first-order chi connectivity index (χ1) is 11.6. The van der Waals surface area contributed by atoms with E-state index in [-0.39, 0.29) is 0 Å². The zero-order valence-electron chi connectivity index (χ0n) is 14.0. The van der Waals surface area contributed by atoms with Gasteiger partial charge in [0.2, 0.25) is 5.89 Å². The maximum Gasteiger partial charge on any atom is 0.291 e. The van der Waals surface area contributed by atoms with Gasteiger partial charge in [0.05, 0.1) is 13.5 Å². The van der Waals surface area contributed by atoms with Gasteiger partial charge in [-0.15, -0.1) is 5.10 Å². The van der Waals surface area contributed by atoms with Crippen LogP contribution >= 0.6 is 12.2 Å². The highest BCUT2D eigenvalue weighted by Crippen LogP contribution is 2.08. The second kappa shape index (κ2) is 7.55. The van der Waals surface area contributed by atoms with Crippen molar-refractivity contribution < 1.29 is 9.32 Å². The van der Waals surface area contributed by atoms with Crippen LogP contribution in [0.1, 0.15) is 22.6 Å². The van der Waals surface area contributed by atoms with Gasteiger partial charge < -0.3 is 9.32 Å². The SMILES string of the molecule is Cc1ccccc1C[NH+](C)Cn1nc(Cc2ccccc2)oc1=S. The summed E-state index contributed by atoms with van der Waals surface area (Å²) in [5.41, 5.74) is 3.82. The average Bonchev–Trinajstić information content (AvgIpc) is 2.90. The summed E-state index contributed by atoms with van der Waals surface area (Å²) in [4.78, 5) is 1.74. The van der Waals surface area contributed by atoms with Crippen molar-refractivity contribution in [2.24, 2.45) is 0 Å². The molecule has 0 aliphatic rings. The highest BCUT2D eigenvalue weighted by atomic mass is 32.1. The zero-order valence-corrected chi connectivity index (χ0v) is 14.8. The van der Waals surface area contributed by atoms with Crippen molar-refractivity contribution in [3.63, 3.8) is 0 Å². The summed E-state index contributed by atoms with van der Waals surface area (Å²) in [6.45, 7) is 3.75. The molecule has 1 aromatic heterocycles. The fourth-order valence-electron chi connectivity index (χ4n) is 2.74. The Morgan fingerprint density at radius 2 is 1.79 bits per heavy atom. The van der Waals surface area contributed by atoms with Gasteiger partial charge in [0, 0.05) is 5.56 Å². The lowest BCUT2D eigenvalue weighted by Crippen LogP contribution is -3.07. The van der Waals surface area contributed by atoms with Gasteiger partial charge in [-0.05, 0) is 30.3 Å². The van der Waals surface area contributed by atoms with Crippen LogP contribution in [0.15, 0.2) is 59.0 Å². The number of rotatable bonds is 6. The van der Waals surface area contributed by atoms with E-state index < -0.39 is 0 Å². The second-order valence-electron chi connectivity index (χ2n) is 6.14. The molecule has 0 amide bonds. The second-order valence-corrected chi connectivity index (χ2v) is 6.49. The van der Waals surface area contributed by atoms with Crippen LogP contribution in [0.2, 0.25) is 0 Å². The summed E-state index contributed by atoms with van der Waals surface area (Å²) >= 11 is 5.32. The van der Waals surface area contributed by atoms with Gasteiger partial charge >= 0.3 is 0 Å². The van der Waals surface area contributed by atoms with E-state index >= 15 is 0 Å². The van der Waals surface area contributed by atoms with Crippen molar-refractivity contribution in [3.05, 3.63) is 82.0 Å². The Hall–Kier alpha value is -2.24. The predicted molar refractivity (Wildman–Crippen MR) is 96.3 cm³/mol. The molecule has 1 unspecified atom stereocenters.